The molecule has 0 aliphatic carbocycles. The summed E-state index contributed by atoms with van der Waals surface area (Å²) in [6.45, 7) is 2.43. The van der Waals surface area contributed by atoms with Crippen LogP contribution >= 0.6 is 0 Å². The maximum atomic E-state index is 10.3. The number of nitrogens with two attached hydrogens (primary N) is 1. The zero-order valence-corrected chi connectivity index (χ0v) is 9.84. The van der Waals surface area contributed by atoms with Crippen molar-refractivity contribution in [2.45, 2.75) is 18.9 Å². The lowest BCUT2D eigenvalue weighted by Gasteiger charge is -2.22. The smallest absolute Gasteiger partial charge is 0.0960 e. The maximum absolute atomic E-state index is 10.3. The quantitative estimate of drug-likeness (QED) is 0.849. The molecule has 90 valence electrons. The molecule has 0 fully saturated rings. The van der Waals surface area contributed by atoms with E-state index in [2.05, 4.69) is 0 Å². The van der Waals surface area contributed by atoms with Gasteiger partial charge in [0.2, 0.25) is 0 Å². The van der Waals surface area contributed by atoms with E-state index in [-0.39, 0.29) is 5.92 Å². The fourth-order valence-electron chi connectivity index (χ4n) is 2.10. The van der Waals surface area contributed by atoms with Crippen LogP contribution in [0.5, 0.6) is 0 Å². The van der Waals surface area contributed by atoms with E-state index >= 15 is 0 Å². The summed E-state index contributed by atoms with van der Waals surface area (Å²) in [5.74, 6) is -0.103. The first-order valence-electron chi connectivity index (χ1n) is 5.69. The Morgan fingerprint density at radius 3 is 2.65 bits per heavy atom. The lowest BCUT2D eigenvalue weighted by atomic mass is 9.88. The minimum atomic E-state index is -0.625. The normalized spacial score (nSPS) is 14.5. The lowest BCUT2D eigenvalue weighted by Crippen LogP contribution is -2.20. The second-order valence-electron chi connectivity index (χ2n) is 4.20. The molecule has 3 nitrogen and oxygen atoms in total. The Balaban J connectivity index is 2.31. The van der Waals surface area contributed by atoms with Crippen LogP contribution in [0.3, 0.4) is 0 Å². The van der Waals surface area contributed by atoms with E-state index in [1.165, 1.54) is 0 Å². The van der Waals surface area contributed by atoms with Crippen molar-refractivity contribution in [3.8, 4) is 0 Å². The van der Waals surface area contributed by atoms with E-state index in [0.29, 0.717) is 6.54 Å². The van der Waals surface area contributed by atoms with Crippen LogP contribution in [0.1, 0.15) is 28.7 Å². The lowest BCUT2D eigenvalue weighted by molar-refractivity contribution is 0.146. The van der Waals surface area contributed by atoms with Crippen molar-refractivity contribution in [3.05, 3.63) is 59.5 Å². The van der Waals surface area contributed by atoms with Crippen LogP contribution in [0.2, 0.25) is 0 Å². The van der Waals surface area contributed by atoms with Gasteiger partial charge in [-0.25, -0.2) is 0 Å². The summed E-state index contributed by atoms with van der Waals surface area (Å²) < 4.78 is 5.00. The first kappa shape index (κ1) is 11.9. The zero-order chi connectivity index (χ0) is 12.3. The summed E-state index contributed by atoms with van der Waals surface area (Å²) in [6, 6.07) is 9.76. The van der Waals surface area contributed by atoms with Crippen molar-refractivity contribution in [3.63, 3.8) is 0 Å². The van der Waals surface area contributed by atoms with Gasteiger partial charge in [-0.15, -0.1) is 0 Å². The number of hydrogen-bond donors (Lipinski definition) is 2. The summed E-state index contributed by atoms with van der Waals surface area (Å²) >= 11 is 0. The van der Waals surface area contributed by atoms with Crippen molar-refractivity contribution in [1.82, 2.24) is 0 Å². The number of rotatable bonds is 4. The first-order valence-corrected chi connectivity index (χ1v) is 5.69. The highest BCUT2D eigenvalue weighted by Gasteiger charge is 2.23. The predicted octanol–water partition coefficient (Wildman–Crippen LogP) is 2.36. The highest BCUT2D eigenvalue weighted by atomic mass is 16.3. The summed E-state index contributed by atoms with van der Waals surface area (Å²) in [5, 5.41) is 10.3. The second-order valence-corrected chi connectivity index (χ2v) is 4.20. The highest BCUT2D eigenvalue weighted by Crippen LogP contribution is 2.31. The van der Waals surface area contributed by atoms with Gasteiger partial charge in [0.1, 0.15) is 0 Å². The zero-order valence-electron chi connectivity index (χ0n) is 9.84. The van der Waals surface area contributed by atoms with Gasteiger partial charge in [-0.2, -0.15) is 0 Å². The standard InChI is InChI=1S/C14H17NO2/c1-10-4-2-3-5-12(10)13(8-15)14(16)11-6-7-17-9-11/h2-7,9,13-14,16H,8,15H2,1H3. The highest BCUT2D eigenvalue weighted by molar-refractivity contribution is 5.32. The van der Waals surface area contributed by atoms with Gasteiger partial charge >= 0.3 is 0 Å². The van der Waals surface area contributed by atoms with Gasteiger partial charge in [-0.1, -0.05) is 24.3 Å². The third kappa shape index (κ3) is 2.40. The molecule has 3 heteroatoms. The Morgan fingerprint density at radius 1 is 1.29 bits per heavy atom. The maximum Gasteiger partial charge on any atom is 0.0960 e. The molecule has 1 aromatic heterocycles. The molecule has 0 bridgehead atoms. The molecule has 0 saturated carbocycles. The summed E-state index contributed by atoms with van der Waals surface area (Å²) in [4.78, 5) is 0. The first-order chi connectivity index (χ1) is 8.24. The van der Waals surface area contributed by atoms with Gasteiger partial charge in [0.25, 0.3) is 0 Å². The minimum absolute atomic E-state index is 0.103. The summed E-state index contributed by atoms with van der Waals surface area (Å²) in [6.07, 6.45) is 2.50. The SMILES string of the molecule is Cc1ccccc1C(CN)C(O)c1ccoc1. The average molecular weight is 231 g/mol. The van der Waals surface area contributed by atoms with E-state index in [1.807, 2.05) is 31.2 Å². The van der Waals surface area contributed by atoms with Gasteiger partial charge in [0.15, 0.2) is 0 Å². The van der Waals surface area contributed by atoms with Crippen molar-refractivity contribution >= 4 is 0 Å². The third-order valence-electron chi connectivity index (χ3n) is 3.11. The Labute approximate surface area is 101 Å². The van der Waals surface area contributed by atoms with Gasteiger partial charge in [-0.3, -0.25) is 0 Å². The monoisotopic (exact) mass is 231 g/mol. The Hall–Kier alpha value is -1.58. The van der Waals surface area contributed by atoms with Gasteiger partial charge in [-0.05, 0) is 24.1 Å². The van der Waals surface area contributed by atoms with Crippen molar-refractivity contribution in [1.29, 1.82) is 0 Å². The molecule has 2 aromatic rings. The largest absolute Gasteiger partial charge is 0.472 e. The number of furan rings is 1. The molecule has 0 aliphatic heterocycles. The molecule has 3 N–H and O–H groups in total. The molecular formula is C14H17NO2. The molecule has 0 amide bonds. The van der Waals surface area contributed by atoms with E-state index in [9.17, 15) is 5.11 Å². The molecule has 0 radical (unpaired) electrons. The van der Waals surface area contributed by atoms with E-state index in [1.54, 1.807) is 18.6 Å². The molecule has 0 spiro atoms. The Morgan fingerprint density at radius 2 is 2.06 bits per heavy atom. The topological polar surface area (TPSA) is 59.4 Å². The van der Waals surface area contributed by atoms with E-state index in [0.717, 1.165) is 16.7 Å². The molecule has 1 heterocycles. The summed E-state index contributed by atoms with van der Waals surface area (Å²) in [7, 11) is 0. The molecule has 0 aliphatic rings. The van der Waals surface area contributed by atoms with Crippen LogP contribution < -0.4 is 5.73 Å². The minimum Gasteiger partial charge on any atom is -0.472 e. The van der Waals surface area contributed by atoms with Crippen molar-refractivity contribution in [2.75, 3.05) is 6.54 Å². The number of aryl methyl sites for hydroxylation is 1. The fraction of sp³-hybridized carbons (Fsp3) is 0.286. The fourth-order valence-corrected chi connectivity index (χ4v) is 2.10. The number of benzene rings is 1. The number of aliphatic hydroxyl groups excluding tert-OH is 1. The third-order valence-corrected chi connectivity index (χ3v) is 3.11. The van der Waals surface area contributed by atoms with Crippen LogP contribution in [0.4, 0.5) is 0 Å². The molecule has 2 rings (SSSR count). The van der Waals surface area contributed by atoms with Gasteiger partial charge < -0.3 is 15.3 Å². The molecule has 17 heavy (non-hydrogen) atoms. The molecule has 0 saturated heterocycles. The van der Waals surface area contributed by atoms with Crippen LogP contribution in [-0.2, 0) is 0 Å². The second kappa shape index (κ2) is 5.17. The Kier molecular flexibility index (Phi) is 3.61. The molecule has 2 atom stereocenters. The molecule has 1 aromatic carbocycles. The predicted molar refractivity (Wildman–Crippen MR) is 66.6 cm³/mol. The van der Waals surface area contributed by atoms with Crippen molar-refractivity contribution in [2.24, 2.45) is 5.73 Å². The van der Waals surface area contributed by atoms with Gasteiger partial charge in [0, 0.05) is 18.0 Å². The van der Waals surface area contributed by atoms with Crippen LogP contribution in [-0.4, -0.2) is 11.7 Å². The Bertz CT molecular complexity index is 465. The molecular weight excluding hydrogens is 214 g/mol. The van der Waals surface area contributed by atoms with Gasteiger partial charge in [0.05, 0.1) is 18.6 Å². The van der Waals surface area contributed by atoms with E-state index < -0.39 is 6.10 Å². The number of aliphatic hydroxyl groups is 1. The molecule has 2 unspecified atom stereocenters. The number of hydrogen-bond acceptors (Lipinski definition) is 3. The average Bonchev–Trinajstić information content (AvgIpc) is 2.86. The van der Waals surface area contributed by atoms with E-state index in [4.69, 9.17) is 10.2 Å². The summed E-state index contributed by atoms with van der Waals surface area (Å²) in [5.41, 5.74) is 8.79. The van der Waals surface area contributed by atoms with Crippen LogP contribution in [0.25, 0.3) is 0 Å². The van der Waals surface area contributed by atoms with Crippen LogP contribution in [0.15, 0.2) is 47.3 Å². The van der Waals surface area contributed by atoms with Crippen molar-refractivity contribution < 1.29 is 9.52 Å². The van der Waals surface area contributed by atoms with Crippen LogP contribution in [0, 0.1) is 6.92 Å².